The molecule has 2 aromatic carbocycles. The molecule has 0 aliphatic rings. The monoisotopic (exact) mass is 402 g/mol. The zero-order chi connectivity index (χ0) is 19.6. The van der Waals surface area contributed by atoms with Gasteiger partial charge in [0.15, 0.2) is 0 Å². The lowest BCUT2D eigenvalue weighted by Gasteiger charge is -2.15. The summed E-state index contributed by atoms with van der Waals surface area (Å²) in [6.45, 7) is 3.41. The highest BCUT2D eigenvalue weighted by Crippen LogP contribution is 2.21. The number of carbonyl (C=O) groups excluding carboxylic acids is 1. The van der Waals surface area contributed by atoms with E-state index in [1.165, 1.54) is 6.20 Å². The molecule has 0 unspecified atom stereocenters. The van der Waals surface area contributed by atoms with Crippen molar-refractivity contribution in [1.29, 1.82) is 0 Å². The first-order valence-corrected chi connectivity index (χ1v) is 8.89. The lowest BCUT2D eigenvalue weighted by atomic mass is 10.2. The molecule has 0 saturated heterocycles. The van der Waals surface area contributed by atoms with Gasteiger partial charge in [0.1, 0.15) is 6.04 Å². The van der Waals surface area contributed by atoms with Crippen molar-refractivity contribution in [3.8, 4) is 11.3 Å². The number of carbonyl (C=O) groups is 1. The van der Waals surface area contributed by atoms with Gasteiger partial charge in [-0.05, 0) is 49.7 Å². The molecule has 0 saturated carbocycles. The Bertz CT molecular complexity index is 1050. The molecule has 3 rings (SSSR count). The highest BCUT2D eigenvalue weighted by Gasteiger charge is 2.19. The first-order valence-electron chi connectivity index (χ1n) is 8.14. The van der Waals surface area contributed by atoms with Crippen LogP contribution in [0.2, 0.25) is 10.0 Å². The number of hydrogen-bond donors (Lipinski definition) is 1. The molecule has 8 heteroatoms. The van der Waals surface area contributed by atoms with Crippen molar-refractivity contribution in [3.05, 3.63) is 74.8 Å². The second kappa shape index (κ2) is 7.90. The van der Waals surface area contributed by atoms with Crippen LogP contribution in [0, 0.1) is 6.92 Å². The van der Waals surface area contributed by atoms with Crippen molar-refractivity contribution in [2.45, 2.75) is 19.9 Å². The van der Waals surface area contributed by atoms with Crippen LogP contribution in [0.4, 0.5) is 5.69 Å². The van der Waals surface area contributed by atoms with Gasteiger partial charge in [-0.2, -0.15) is 10.1 Å². The molecule has 0 spiro atoms. The van der Waals surface area contributed by atoms with Gasteiger partial charge in [-0.25, -0.2) is 9.48 Å². The molecule has 1 amide bonds. The summed E-state index contributed by atoms with van der Waals surface area (Å²) >= 11 is 11.8. The van der Waals surface area contributed by atoms with Crippen molar-refractivity contribution < 1.29 is 4.79 Å². The summed E-state index contributed by atoms with van der Waals surface area (Å²) in [5.41, 5.74) is 1.95. The van der Waals surface area contributed by atoms with E-state index in [-0.39, 0.29) is 5.91 Å². The molecule has 0 bridgehead atoms. The molecule has 1 N–H and O–H groups in total. The summed E-state index contributed by atoms with van der Waals surface area (Å²) in [4.78, 5) is 28.9. The minimum absolute atomic E-state index is 0.379. The number of benzene rings is 2. The quantitative estimate of drug-likeness (QED) is 0.711. The number of aromatic nitrogens is 3. The Morgan fingerprint density at radius 1 is 1.11 bits per heavy atom. The molecule has 0 radical (unpaired) electrons. The Hall–Kier alpha value is -2.70. The highest BCUT2D eigenvalue weighted by atomic mass is 35.5. The highest BCUT2D eigenvalue weighted by molar-refractivity contribution is 6.31. The Morgan fingerprint density at radius 3 is 2.41 bits per heavy atom. The average Bonchev–Trinajstić information content (AvgIpc) is 2.64. The number of rotatable bonds is 4. The van der Waals surface area contributed by atoms with Gasteiger partial charge in [0.2, 0.25) is 5.91 Å². The average molecular weight is 403 g/mol. The van der Waals surface area contributed by atoms with E-state index in [0.717, 1.165) is 10.2 Å². The van der Waals surface area contributed by atoms with E-state index >= 15 is 0 Å². The third-order valence-electron chi connectivity index (χ3n) is 4.05. The zero-order valence-corrected chi connectivity index (χ0v) is 16.1. The second-order valence-electron chi connectivity index (χ2n) is 6.00. The third-order valence-corrected chi connectivity index (χ3v) is 4.54. The van der Waals surface area contributed by atoms with Crippen molar-refractivity contribution in [2.24, 2.45) is 0 Å². The molecule has 6 nitrogen and oxygen atoms in total. The number of hydrogen-bond acceptors (Lipinski definition) is 4. The Morgan fingerprint density at radius 2 is 1.78 bits per heavy atom. The fraction of sp³-hybridized carbons (Fsp3) is 0.158. The molecular formula is C19H16Cl2N4O2. The van der Waals surface area contributed by atoms with E-state index in [1.54, 1.807) is 49.4 Å². The Kier molecular flexibility index (Phi) is 5.58. The summed E-state index contributed by atoms with van der Waals surface area (Å²) in [5, 5.41) is 8.05. The number of aryl methyl sites for hydroxylation is 1. The van der Waals surface area contributed by atoms with Crippen molar-refractivity contribution in [3.63, 3.8) is 0 Å². The fourth-order valence-corrected chi connectivity index (χ4v) is 2.84. The number of halogens is 2. The van der Waals surface area contributed by atoms with Gasteiger partial charge < -0.3 is 5.32 Å². The van der Waals surface area contributed by atoms with Gasteiger partial charge in [0.05, 0.1) is 11.9 Å². The van der Waals surface area contributed by atoms with E-state index in [4.69, 9.17) is 23.2 Å². The summed E-state index contributed by atoms with van der Waals surface area (Å²) < 4.78 is 1.04. The molecule has 0 aliphatic heterocycles. The lowest BCUT2D eigenvalue weighted by Crippen LogP contribution is -2.35. The first kappa shape index (κ1) is 19.1. The summed E-state index contributed by atoms with van der Waals surface area (Å²) in [6, 6.07) is 11.2. The van der Waals surface area contributed by atoms with Crippen LogP contribution in [0.25, 0.3) is 11.3 Å². The molecule has 138 valence electrons. The Labute approximate surface area is 165 Å². The van der Waals surface area contributed by atoms with Gasteiger partial charge in [-0.15, -0.1) is 0 Å². The molecule has 1 heterocycles. The number of anilines is 1. The van der Waals surface area contributed by atoms with Crippen LogP contribution in [0.3, 0.4) is 0 Å². The third kappa shape index (κ3) is 4.35. The van der Waals surface area contributed by atoms with E-state index in [0.29, 0.717) is 27.0 Å². The molecular weight excluding hydrogens is 387 g/mol. The van der Waals surface area contributed by atoms with Crippen LogP contribution in [-0.4, -0.2) is 20.7 Å². The second-order valence-corrected chi connectivity index (χ2v) is 6.87. The van der Waals surface area contributed by atoms with Crippen molar-refractivity contribution >= 4 is 34.8 Å². The molecule has 0 aliphatic carbocycles. The van der Waals surface area contributed by atoms with Crippen LogP contribution < -0.4 is 11.0 Å². The summed E-state index contributed by atoms with van der Waals surface area (Å²) in [6.07, 6.45) is 1.45. The fourth-order valence-electron chi connectivity index (χ4n) is 2.49. The predicted molar refractivity (Wildman–Crippen MR) is 106 cm³/mol. The van der Waals surface area contributed by atoms with E-state index in [2.05, 4.69) is 15.4 Å². The van der Waals surface area contributed by atoms with E-state index in [1.807, 2.05) is 6.92 Å². The van der Waals surface area contributed by atoms with Crippen LogP contribution in [0.1, 0.15) is 18.5 Å². The van der Waals surface area contributed by atoms with Crippen LogP contribution >= 0.6 is 23.2 Å². The molecule has 1 atom stereocenters. The molecule has 0 fully saturated rings. The van der Waals surface area contributed by atoms with Gasteiger partial charge >= 0.3 is 5.69 Å². The number of nitrogens with one attached hydrogen (secondary N) is 1. The standard InChI is InChI=1S/C19H16Cl2N4O2/c1-11-9-15(21)7-8-16(11)23-18(26)12(2)25-19(27)24-17(10-22-25)13-3-5-14(20)6-4-13/h3-10,12H,1-2H3,(H,23,26)/t12-/m0/s1. The maximum absolute atomic E-state index is 12.5. The van der Waals surface area contributed by atoms with Crippen LogP contribution in [0.15, 0.2) is 53.5 Å². The number of amides is 1. The SMILES string of the molecule is Cc1cc(Cl)ccc1NC(=O)[C@H](C)n1ncc(-c2ccc(Cl)cc2)nc1=O. The summed E-state index contributed by atoms with van der Waals surface area (Å²) in [5.74, 6) is -0.379. The minimum atomic E-state index is -0.834. The predicted octanol–water partition coefficient (Wildman–Crippen LogP) is 4.12. The maximum Gasteiger partial charge on any atom is 0.365 e. The largest absolute Gasteiger partial charge is 0.365 e. The lowest BCUT2D eigenvalue weighted by molar-refractivity contribution is -0.119. The topological polar surface area (TPSA) is 76.9 Å². The van der Waals surface area contributed by atoms with Crippen LogP contribution in [-0.2, 0) is 4.79 Å². The van der Waals surface area contributed by atoms with E-state index in [9.17, 15) is 9.59 Å². The zero-order valence-electron chi connectivity index (χ0n) is 14.6. The molecule has 1 aromatic heterocycles. The van der Waals surface area contributed by atoms with Crippen molar-refractivity contribution in [2.75, 3.05) is 5.32 Å². The molecule has 27 heavy (non-hydrogen) atoms. The normalized spacial score (nSPS) is 11.9. The van der Waals surface area contributed by atoms with Gasteiger partial charge in [0.25, 0.3) is 0 Å². The first-order chi connectivity index (χ1) is 12.8. The van der Waals surface area contributed by atoms with Crippen molar-refractivity contribution in [1.82, 2.24) is 14.8 Å². The maximum atomic E-state index is 12.5. The van der Waals surface area contributed by atoms with Gasteiger partial charge in [-0.1, -0.05) is 35.3 Å². The van der Waals surface area contributed by atoms with Gasteiger partial charge in [-0.3, -0.25) is 4.79 Å². The van der Waals surface area contributed by atoms with Gasteiger partial charge in [0, 0.05) is 21.3 Å². The van der Waals surface area contributed by atoms with E-state index < -0.39 is 11.7 Å². The molecule has 3 aromatic rings. The summed E-state index contributed by atoms with van der Waals surface area (Å²) in [7, 11) is 0. The smallest absolute Gasteiger partial charge is 0.324 e. The minimum Gasteiger partial charge on any atom is -0.324 e. The Balaban J connectivity index is 1.81. The van der Waals surface area contributed by atoms with Crippen LogP contribution in [0.5, 0.6) is 0 Å². The number of nitrogens with zero attached hydrogens (tertiary/aromatic N) is 3.